The van der Waals surface area contributed by atoms with Gasteiger partial charge in [0.25, 0.3) is 0 Å². The maximum atomic E-state index is 7.73. The molecule has 5 atom stereocenters. The average molecular weight is 686 g/mol. The highest BCUT2D eigenvalue weighted by molar-refractivity contribution is 6.09. The van der Waals surface area contributed by atoms with Crippen molar-refractivity contribution in [3.05, 3.63) is 136 Å². The molecule has 5 aromatic rings. The Labute approximate surface area is 309 Å². The third-order valence-corrected chi connectivity index (χ3v) is 14.9. The number of benzene rings is 5. The maximum absolute atomic E-state index is 7.73. The molecule has 264 valence electrons. The van der Waals surface area contributed by atoms with Crippen molar-refractivity contribution in [3.8, 4) is 16.9 Å². The standard InChI is InChI=1S/C49H51NO2/c1-7-26-51-27-25-50-35-17-15-34(16-18-35)48(33-11-9-8-10-12-33)24-21-38-43-42(36-19-13-31(2)28-39(36)44(38)52-48)37-20-14-32(3)29-40(37)47(43)30-49-41(45(49,4)5)22-23-46(47,49)6/h8-21,24,28-29,41,50H,7,22-23,25-27,30H2,1-6H3. The quantitative estimate of drug-likeness (QED) is 0.165. The van der Waals surface area contributed by atoms with Gasteiger partial charge in [-0.05, 0) is 114 Å². The number of rotatable bonds is 8. The molecule has 10 rings (SSSR count). The third-order valence-electron chi connectivity index (χ3n) is 14.9. The molecule has 3 heteroatoms. The van der Waals surface area contributed by atoms with Crippen molar-refractivity contribution in [2.45, 2.75) is 78.2 Å². The molecule has 3 fully saturated rings. The monoisotopic (exact) mass is 685 g/mol. The maximum Gasteiger partial charge on any atom is 0.178 e. The topological polar surface area (TPSA) is 30.5 Å². The minimum Gasteiger partial charge on any atom is -0.472 e. The Morgan fingerprint density at radius 1 is 0.827 bits per heavy atom. The summed E-state index contributed by atoms with van der Waals surface area (Å²) in [4.78, 5) is 0. The molecule has 3 nitrogen and oxygen atoms in total. The number of hydrogen-bond donors (Lipinski definition) is 1. The first-order chi connectivity index (χ1) is 25.1. The fraction of sp³-hybridized carbons (Fsp3) is 0.388. The van der Waals surface area contributed by atoms with E-state index in [0.717, 1.165) is 48.1 Å². The van der Waals surface area contributed by atoms with Crippen molar-refractivity contribution in [3.63, 3.8) is 0 Å². The predicted octanol–water partition coefficient (Wildman–Crippen LogP) is 11.8. The van der Waals surface area contributed by atoms with E-state index < -0.39 is 5.60 Å². The van der Waals surface area contributed by atoms with Gasteiger partial charge in [-0.2, -0.15) is 0 Å². The fourth-order valence-corrected chi connectivity index (χ4v) is 12.6. The summed E-state index contributed by atoms with van der Waals surface area (Å²) in [6.45, 7) is 16.7. The molecular weight excluding hydrogens is 635 g/mol. The van der Waals surface area contributed by atoms with Crippen molar-refractivity contribution in [2.24, 2.45) is 22.2 Å². The van der Waals surface area contributed by atoms with Gasteiger partial charge in [0.15, 0.2) is 5.60 Å². The van der Waals surface area contributed by atoms with E-state index in [1.54, 1.807) is 5.56 Å². The third kappa shape index (κ3) is 3.81. The van der Waals surface area contributed by atoms with E-state index in [-0.39, 0.29) is 10.8 Å². The van der Waals surface area contributed by atoms with Crippen molar-refractivity contribution in [2.75, 3.05) is 25.1 Å². The van der Waals surface area contributed by atoms with Crippen LogP contribution in [0.2, 0.25) is 0 Å². The van der Waals surface area contributed by atoms with E-state index in [2.05, 4.69) is 150 Å². The summed E-state index contributed by atoms with van der Waals surface area (Å²) in [5.74, 6) is 1.85. The number of aryl methyl sites for hydroxylation is 2. The van der Waals surface area contributed by atoms with Gasteiger partial charge in [0, 0.05) is 46.3 Å². The van der Waals surface area contributed by atoms with Gasteiger partial charge in [0.05, 0.1) is 6.61 Å². The van der Waals surface area contributed by atoms with Gasteiger partial charge in [-0.15, -0.1) is 0 Å². The minimum absolute atomic E-state index is 0.0377. The number of anilines is 1. The number of hydrogen-bond acceptors (Lipinski definition) is 3. The Kier molecular flexibility index (Phi) is 6.75. The van der Waals surface area contributed by atoms with Crippen LogP contribution in [0.5, 0.6) is 5.75 Å². The Morgan fingerprint density at radius 2 is 1.58 bits per heavy atom. The van der Waals surface area contributed by atoms with Gasteiger partial charge in [-0.25, -0.2) is 0 Å². The van der Waals surface area contributed by atoms with Crippen LogP contribution in [-0.4, -0.2) is 19.8 Å². The second-order valence-electron chi connectivity index (χ2n) is 17.4. The van der Waals surface area contributed by atoms with E-state index in [0.29, 0.717) is 17.4 Å². The summed E-state index contributed by atoms with van der Waals surface area (Å²) in [5.41, 5.74) is 13.4. The molecule has 2 spiro atoms. The molecule has 0 bridgehead atoms. The van der Waals surface area contributed by atoms with Crippen LogP contribution in [0.1, 0.15) is 92.3 Å². The van der Waals surface area contributed by atoms with Crippen LogP contribution >= 0.6 is 0 Å². The molecule has 5 unspecified atom stereocenters. The van der Waals surface area contributed by atoms with Crippen LogP contribution in [0.3, 0.4) is 0 Å². The highest BCUT2D eigenvalue weighted by Crippen LogP contribution is 2.96. The van der Waals surface area contributed by atoms with E-state index in [9.17, 15) is 0 Å². The summed E-state index contributed by atoms with van der Waals surface area (Å²) in [5, 5.41) is 6.07. The lowest BCUT2D eigenvalue weighted by molar-refractivity contribution is -0.0795. The first-order valence-electron chi connectivity index (χ1n) is 19.7. The number of nitrogens with one attached hydrogen (secondary N) is 1. The lowest BCUT2D eigenvalue weighted by Crippen LogP contribution is -2.61. The van der Waals surface area contributed by atoms with Crippen LogP contribution in [0.4, 0.5) is 5.69 Å². The van der Waals surface area contributed by atoms with Crippen molar-refractivity contribution >= 4 is 22.5 Å². The Hall–Kier alpha value is -4.34. The van der Waals surface area contributed by atoms with Crippen LogP contribution in [0.15, 0.2) is 97.1 Å². The molecule has 1 N–H and O–H groups in total. The van der Waals surface area contributed by atoms with Gasteiger partial charge in [-0.3, -0.25) is 0 Å². The molecule has 0 radical (unpaired) electrons. The number of ether oxygens (including phenoxy) is 2. The molecule has 1 heterocycles. The first kappa shape index (κ1) is 32.3. The zero-order chi connectivity index (χ0) is 35.7. The van der Waals surface area contributed by atoms with Crippen LogP contribution in [0, 0.1) is 36.0 Å². The molecule has 3 saturated carbocycles. The SMILES string of the molecule is CCCOCCNc1ccc(C2(c3ccccc3)C=Cc3c4c(c5ccc(C)cc5c3O2)-c2ccc(C)cc2C42CC34C(CCC23C)C4(C)C)cc1. The van der Waals surface area contributed by atoms with Crippen LogP contribution in [0.25, 0.3) is 28.0 Å². The van der Waals surface area contributed by atoms with Gasteiger partial charge < -0.3 is 14.8 Å². The van der Waals surface area contributed by atoms with E-state index in [1.807, 2.05) is 0 Å². The van der Waals surface area contributed by atoms with E-state index in [1.165, 1.54) is 63.4 Å². The lowest BCUT2D eigenvalue weighted by atomic mass is 9.37. The summed E-state index contributed by atoms with van der Waals surface area (Å²) in [6, 6.07) is 34.1. The van der Waals surface area contributed by atoms with Gasteiger partial charge >= 0.3 is 0 Å². The molecule has 0 aromatic heterocycles. The molecule has 5 aromatic carbocycles. The van der Waals surface area contributed by atoms with Crippen molar-refractivity contribution < 1.29 is 9.47 Å². The summed E-state index contributed by atoms with van der Waals surface area (Å²) >= 11 is 0. The van der Waals surface area contributed by atoms with E-state index >= 15 is 0 Å². The Balaban J connectivity index is 1.18. The molecule has 4 aliphatic carbocycles. The molecule has 0 amide bonds. The minimum atomic E-state index is -0.779. The normalized spacial score (nSPS) is 29.5. The van der Waals surface area contributed by atoms with Gasteiger partial charge in [0.2, 0.25) is 0 Å². The largest absolute Gasteiger partial charge is 0.472 e. The zero-order valence-corrected chi connectivity index (χ0v) is 31.7. The van der Waals surface area contributed by atoms with Crippen molar-refractivity contribution in [1.29, 1.82) is 0 Å². The molecular formula is C49H51NO2. The highest BCUT2D eigenvalue weighted by atomic mass is 16.5. The number of fused-ring (bicyclic) bond motifs is 11. The van der Waals surface area contributed by atoms with Crippen LogP contribution in [-0.2, 0) is 15.8 Å². The molecule has 1 aliphatic heterocycles. The first-order valence-corrected chi connectivity index (χ1v) is 19.7. The Bertz CT molecular complexity index is 2300. The second kappa shape index (κ2) is 10.9. The summed E-state index contributed by atoms with van der Waals surface area (Å²) < 4.78 is 13.4. The van der Waals surface area contributed by atoms with E-state index in [4.69, 9.17) is 9.47 Å². The molecule has 0 saturated heterocycles. The lowest BCUT2D eigenvalue weighted by Gasteiger charge is -2.65. The molecule has 52 heavy (non-hydrogen) atoms. The smallest absolute Gasteiger partial charge is 0.178 e. The predicted molar refractivity (Wildman–Crippen MR) is 214 cm³/mol. The van der Waals surface area contributed by atoms with Crippen molar-refractivity contribution in [1.82, 2.24) is 0 Å². The fourth-order valence-electron chi connectivity index (χ4n) is 12.6. The zero-order valence-electron chi connectivity index (χ0n) is 31.7. The summed E-state index contributed by atoms with van der Waals surface area (Å²) in [6.07, 6.45) is 9.73. The van der Waals surface area contributed by atoms with Gasteiger partial charge in [-0.1, -0.05) is 118 Å². The van der Waals surface area contributed by atoms with Gasteiger partial charge in [0.1, 0.15) is 5.75 Å². The second-order valence-corrected chi connectivity index (χ2v) is 17.4. The molecule has 5 aliphatic rings. The highest BCUT2D eigenvalue weighted by Gasteiger charge is 2.91. The van der Waals surface area contributed by atoms with Crippen LogP contribution < -0.4 is 10.1 Å². The summed E-state index contributed by atoms with van der Waals surface area (Å²) in [7, 11) is 0. The Morgan fingerprint density at radius 3 is 2.35 bits per heavy atom. The average Bonchev–Trinajstić information content (AvgIpc) is 3.35.